The first-order valence-electron chi connectivity index (χ1n) is 7.81. The van der Waals surface area contributed by atoms with E-state index in [1.54, 1.807) is 19.1 Å². The van der Waals surface area contributed by atoms with Crippen LogP contribution in [0, 0.1) is 6.92 Å². The maximum atomic E-state index is 12.4. The number of carbonyl (C=O) groups excluding carboxylic acids is 1. The van der Waals surface area contributed by atoms with Gasteiger partial charge in [0.15, 0.2) is 0 Å². The standard InChI is InChI=1S/C19H17ClN4O/c1-13-22-17(11-18(23-13)24-15-8-3-2-4-9-15)19(25)21-12-14-7-5-6-10-16(14)20/h2-11H,12H2,1H3,(H,21,25)(H,22,23,24). The van der Waals surface area contributed by atoms with Crippen LogP contribution in [0.3, 0.4) is 0 Å². The molecule has 0 aliphatic heterocycles. The number of aryl methyl sites for hydroxylation is 1. The molecule has 126 valence electrons. The Morgan fingerprint density at radius 1 is 1.04 bits per heavy atom. The van der Waals surface area contributed by atoms with Crippen LogP contribution in [0.25, 0.3) is 0 Å². The smallest absolute Gasteiger partial charge is 0.270 e. The molecule has 0 atom stereocenters. The minimum atomic E-state index is -0.276. The highest BCUT2D eigenvalue weighted by Crippen LogP contribution is 2.16. The predicted molar refractivity (Wildman–Crippen MR) is 99.1 cm³/mol. The van der Waals surface area contributed by atoms with Gasteiger partial charge in [0, 0.05) is 23.3 Å². The molecule has 0 radical (unpaired) electrons. The number of hydrogen-bond donors (Lipinski definition) is 2. The van der Waals surface area contributed by atoms with Crippen molar-refractivity contribution in [2.45, 2.75) is 13.5 Å². The van der Waals surface area contributed by atoms with Gasteiger partial charge in [0.05, 0.1) is 0 Å². The number of hydrogen-bond acceptors (Lipinski definition) is 4. The Bertz CT molecular complexity index is 884. The predicted octanol–water partition coefficient (Wildman–Crippen LogP) is 4.11. The van der Waals surface area contributed by atoms with Crippen LogP contribution in [0.5, 0.6) is 0 Å². The highest BCUT2D eigenvalue weighted by molar-refractivity contribution is 6.31. The van der Waals surface area contributed by atoms with Crippen molar-refractivity contribution in [1.82, 2.24) is 15.3 Å². The molecule has 25 heavy (non-hydrogen) atoms. The lowest BCUT2D eigenvalue weighted by atomic mass is 10.2. The van der Waals surface area contributed by atoms with Gasteiger partial charge in [0.1, 0.15) is 17.3 Å². The Labute approximate surface area is 151 Å². The van der Waals surface area contributed by atoms with Crippen LogP contribution in [0.2, 0.25) is 5.02 Å². The van der Waals surface area contributed by atoms with Gasteiger partial charge < -0.3 is 10.6 Å². The number of carbonyl (C=O) groups is 1. The molecule has 0 aliphatic carbocycles. The van der Waals surface area contributed by atoms with Gasteiger partial charge in [-0.3, -0.25) is 4.79 Å². The van der Waals surface area contributed by atoms with Crippen molar-refractivity contribution in [3.05, 3.63) is 82.8 Å². The minimum Gasteiger partial charge on any atom is -0.347 e. The Morgan fingerprint density at radius 2 is 1.76 bits per heavy atom. The highest BCUT2D eigenvalue weighted by atomic mass is 35.5. The van der Waals surface area contributed by atoms with Crippen molar-refractivity contribution in [1.29, 1.82) is 0 Å². The average Bonchev–Trinajstić information content (AvgIpc) is 2.61. The number of anilines is 2. The third-order valence-electron chi connectivity index (χ3n) is 3.51. The van der Waals surface area contributed by atoms with Crippen LogP contribution in [0.4, 0.5) is 11.5 Å². The molecule has 0 spiro atoms. The topological polar surface area (TPSA) is 66.9 Å². The second kappa shape index (κ2) is 7.77. The number of nitrogens with zero attached hydrogens (tertiary/aromatic N) is 2. The fraction of sp³-hybridized carbons (Fsp3) is 0.105. The van der Waals surface area contributed by atoms with Crippen LogP contribution >= 0.6 is 11.6 Å². The summed E-state index contributed by atoms with van der Waals surface area (Å²) in [4.78, 5) is 20.9. The first-order valence-corrected chi connectivity index (χ1v) is 8.19. The molecule has 1 amide bonds. The number of amides is 1. The molecule has 3 aromatic rings. The van der Waals surface area contributed by atoms with E-state index >= 15 is 0 Å². The quantitative estimate of drug-likeness (QED) is 0.725. The zero-order valence-electron chi connectivity index (χ0n) is 13.7. The van der Waals surface area contributed by atoms with Crippen LogP contribution in [0.15, 0.2) is 60.7 Å². The van der Waals surface area contributed by atoms with Crippen molar-refractivity contribution < 1.29 is 4.79 Å². The maximum Gasteiger partial charge on any atom is 0.270 e. The molecule has 6 heteroatoms. The van der Waals surface area contributed by atoms with Gasteiger partial charge in [0.2, 0.25) is 0 Å². The van der Waals surface area contributed by atoms with E-state index in [-0.39, 0.29) is 5.91 Å². The van der Waals surface area contributed by atoms with Gasteiger partial charge in [-0.1, -0.05) is 48.0 Å². The number of halogens is 1. The molecular weight excluding hydrogens is 336 g/mol. The van der Waals surface area contributed by atoms with Crippen molar-refractivity contribution >= 4 is 29.0 Å². The van der Waals surface area contributed by atoms with Crippen molar-refractivity contribution in [2.75, 3.05) is 5.32 Å². The number of benzene rings is 2. The summed E-state index contributed by atoms with van der Waals surface area (Å²) >= 11 is 6.11. The van der Waals surface area contributed by atoms with Crippen LogP contribution in [0.1, 0.15) is 21.9 Å². The first kappa shape index (κ1) is 16.9. The molecule has 0 unspecified atom stereocenters. The Morgan fingerprint density at radius 3 is 2.52 bits per heavy atom. The van der Waals surface area contributed by atoms with E-state index in [1.807, 2.05) is 48.5 Å². The molecule has 0 bridgehead atoms. The third-order valence-corrected chi connectivity index (χ3v) is 3.88. The zero-order valence-corrected chi connectivity index (χ0v) is 14.4. The summed E-state index contributed by atoms with van der Waals surface area (Å²) in [5.41, 5.74) is 2.05. The molecule has 0 saturated heterocycles. The van der Waals surface area contributed by atoms with E-state index in [1.165, 1.54) is 0 Å². The van der Waals surface area contributed by atoms with E-state index in [0.717, 1.165) is 11.3 Å². The summed E-state index contributed by atoms with van der Waals surface area (Å²) in [5, 5.41) is 6.62. The van der Waals surface area contributed by atoms with Gasteiger partial charge >= 0.3 is 0 Å². The number of aromatic nitrogens is 2. The maximum absolute atomic E-state index is 12.4. The zero-order chi connectivity index (χ0) is 17.6. The molecule has 2 N–H and O–H groups in total. The van der Waals surface area contributed by atoms with Crippen molar-refractivity contribution in [2.24, 2.45) is 0 Å². The Kier molecular flexibility index (Phi) is 5.26. The monoisotopic (exact) mass is 352 g/mol. The lowest BCUT2D eigenvalue weighted by Crippen LogP contribution is -2.24. The lowest BCUT2D eigenvalue weighted by molar-refractivity contribution is 0.0945. The summed E-state index contributed by atoms with van der Waals surface area (Å²) in [6.45, 7) is 2.09. The fourth-order valence-electron chi connectivity index (χ4n) is 2.33. The Hall–Kier alpha value is -2.92. The number of para-hydroxylation sites is 1. The van der Waals surface area contributed by atoms with Gasteiger partial charge in [-0.05, 0) is 30.7 Å². The molecular formula is C19H17ClN4O. The molecule has 0 saturated carbocycles. The SMILES string of the molecule is Cc1nc(Nc2ccccc2)cc(C(=O)NCc2ccccc2Cl)n1. The number of rotatable bonds is 5. The van der Waals surface area contributed by atoms with Gasteiger partial charge in [-0.2, -0.15) is 0 Å². The molecule has 2 aromatic carbocycles. The van der Waals surface area contributed by atoms with Gasteiger partial charge in [-0.15, -0.1) is 0 Å². The molecule has 1 aromatic heterocycles. The Balaban J connectivity index is 1.73. The molecule has 1 heterocycles. The van der Waals surface area contributed by atoms with Crippen molar-refractivity contribution in [3.63, 3.8) is 0 Å². The second-order valence-electron chi connectivity index (χ2n) is 5.45. The van der Waals surface area contributed by atoms with Crippen LogP contribution in [-0.2, 0) is 6.54 Å². The normalized spacial score (nSPS) is 10.3. The van der Waals surface area contributed by atoms with Crippen molar-refractivity contribution in [3.8, 4) is 0 Å². The van der Waals surface area contributed by atoms with E-state index in [4.69, 9.17) is 11.6 Å². The first-order chi connectivity index (χ1) is 12.1. The summed E-state index contributed by atoms with van der Waals surface area (Å²) in [5.74, 6) is 0.812. The van der Waals surface area contributed by atoms with E-state index < -0.39 is 0 Å². The largest absolute Gasteiger partial charge is 0.347 e. The van der Waals surface area contributed by atoms with Crippen LogP contribution < -0.4 is 10.6 Å². The third kappa shape index (κ3) is 4.55. The van der Waals surface area contributed by atoms with Gasteiger partial charge in [0.25, 0.3) is 5.91 Å². The summed E-state index contributed by atoms with van der Waals surface area (Å²) in [6.07, 6.45) is 0. The van der Waals surface area contributed by atoms with E-state index in [0.29, 0.717) is 28.9 Å². The summed E-state index contributed by atoms with van der Waals surface area (Å²) < 4.78 is 0. The average molecular weight is 353 g/mol. The number of nitrogens with one attached hydrogen (secondary N) is 2. The summed E-state index contributed by atoms with van der Waals surface area (Å²) in [6, 6.07) is 18.7. The molecule has 3 rings (SSSR count). The molecule has 5 nitrogen and oxygen atoms in total. The van der Waals surface area contributed by atoms with Crippen LogP contribution in [-0.4, -0.2) is 15.9 Å². The fourth-order valence-corrected chi connectivity index (χ4v) is 2.53. The van der Waals surface area contributed by atoms with E-state index in [2.05, 4.69) is 20.6 Å². The van der Waals surface area contributed by atoms with E-state index in [9.17, 15) is 4.79 Å². The van der Waals surface area contributed by atoms with Gasteiger partial charge in [-0.25, -0.2) is 9.97 Å². The lowest BCUT2D eigenvalue weighted by Gasteiger charge is -2.10. The highest BCUT2D eigenvalue weighted by Gasteiger charge is 2.11. The summed E-state index contributed by atoms with van der Waals surface area (Å²) in [7, 11) is 0. The minimum absolute atomic E-state index is 0.276. The molecule has 0 fully saturated rings. The second-order valence-corrected chi connectivity index (χ2v) is 5.86. The molecule has 0 aliphatic rings.